The van der Waals surface area contributed by atoms with Gasteiger partial charge in [-0.3, -0.25) is 0 Å². The lowest BCUT2D eigenvalue weighted by molar-refractivity contribution is 1.30. The van der Waals surface area contributed by atoms with Gasteiger partial charge in [0.25, 0.3) is 0 Å². The molecule has 0 radical (unpaired) electrons. The second-order valence-corrected chi connectivity index (χ2v) is 11.8. The van der Waals surface area contributed by atoms with Gasteiger partial charge in [-0.25, -0.2) is 0 Å². The smallest absolute Gasteiger partial charge is 0.0620 e. The molecule has 0 atom stereocenters. The van der Waals surface area contributed by atoms with Crippen LogP contribution in [0.2, 0.25) is 0 Å². The van der Waals surface area contributed by atoms with E-state index >= 15 is 0 Å². The van der Waals surface area contributed by atoms with Gasteiger partial charge in [-0.2, -0.15) is 0 Å². The highest BCUT2D eigenvalue weighted by Gasteiger charge is 2.23. The molecule has 204 valence electrons. The van der Waals surface area contributed by atoms with Gasteiger partial charge in [-0.15, -0.1) is 0 Å². The van der Waals surface area contributed by atoms with E-state index in [-0.39, 0.29) is 0 Å². The molecule has 10 rings (SSSR count). The number of aromatic nitrogens is 1. The van der Waals surface area contributed by atoms with Gasteiger partial charge in [-0.1, -0.05) is 121 Å². The molecule has 44 heavy (non-hydrogen) atoms. The summed E-state index contributed by atoms with van der Waals surface area (Å²) in [6, 6.07) is 57.8. The van der Waals surface area contributed by atoms with E-state index < -0.39 is 0 Å². The molecule has 10 aromatic rings. The van der Waals surface area contributed by atoms with Crippen LogP contribution in [0.1, 0.15) is 0 Å². The zero-order chi connectivity index (χ0) is 28.8. The molecule has 0 N–H and O–H groups in total. The first-order valence-electron chi connectivity index (χ1n) is 15.2. The number of hydrogen-bond acceptors (Lipinski definition) is 1. The van der Waals surface area contributed by atoms with Gasteiger partial charge in [0.1, 0.15) is 0 Å². The Morgan fingerprint density at radius 2 is 0.909 bits per heavy atom. The van der Waals surface area contributed by atoms with Crippen LogP contribution >= 0.6 is 0 Å². The molecule has 0 aliphatic carbocycles. The van der Waals surface area contributed by atoms with Crippen molar-refractivity contribution in [1.29, 1.82) is 0 Å². The number of para-hydroxylation sites is 2. The van der Waals surface area contributed by atoms with E-state index in [1.165, 1.54) is 76.1 Å². The highest BCUT2D eigenvalue weighted by atomic mass is 15.1. The van der Waals surface area contributed by atoms with Crippen LogP contribution < -0.4 is 4.90 Å². The standard InChI is InChI=1S/C42H26N2/c1-3-12-29-24-31(22-20-27(29)10-1)43(32-23-21-28-11-2-4-13-30(28)25-32)39-26-40-41(35-16-6-5-14-33(35)39)37-18-9-17-36-34-15-7-8-19-38(34)44(40)42(36)37/h1-26H. The van der Waals surface area contributed by atoms with Gasteiger partial charge in [0.05, 0.1) is 22.2 Å². The number of anilines is 3. The summed E-state index contributed by atoms with van der Waals surface area (Å²) in [4.78, 5) is 2.45. The molecule has 2 heterocycles. The van der Waals surface area contributed by atoms with Crippen LogP contribution in [-0.2, 0) is 0 Å². The van der Waals surface area contributed by atoms with Crippen LogP contribution in [0.5, 0.6) is 0 Å². The second kappa shape index (κ2) is 8.82. The summed E-state index contributed by atoms with van der Waals surface area (Å²) in [7, 11) is 0. The summed E-state index contributed by atoms with van der Waals surface area (Å²) in [6.45, 7) is 0. The Labute approximate surface area is 253 Å². The maximum absolute atomic E-state index is 2.49. The maximum atomic E-state index is 2.49. The van der Waals surface area contributed by atoms with Crippen molar-refractivity contribution in [3.63, 3.8) is 0 Å². The second-order valence-electron chi connectivity index (χ2n) is 11.8. The van der Waals surface area contributed by atoms with Gasteiger partial charge in [0.15, 0.2) is 0 Å². The maximum Gasteiger partial charge on any atom is 0.0620 e. The minimum Gasteiger partial charge on any atom is -0.310 e. The Kier molecular flexibility index (Phi) is 4.75. The first-order chi connectivity index (χ1) is 21.8. The van der Waals surface area contributed by atoms with Crippen LogP contribution in [0, 0.1) is 0 Å². The zero-order valence-electron chi connectivity index (χ0n) is 23.9. The van der Waals surface area contributed by atoms with Crippen LogP contribution in [-0.4, -0.2) is 4.40 Å². The topological polar surface area (TPSA) is 7.65 Å². The predicted molar refractivity (Wildman–Crippen MR) is 188 cm³/mol. The van der Waals surface area contributed by atoms with E-state index in [1.54, 1.807) is 0 Å². The van der Waals surface area contributed by atoms with Crippen molar-refractivity contribution in [1.82, 2.24) is 4.40 Å². The van der Waals surface area contributed by atoms with Crippen molar-refractivity contribution in [2.24, 2.45) is 0 Å². The third kappa shape index (κ3) is 3.20. The number of benzene rings is 8. The molecule has 0 unspecified atom stereocenters. The Balaban J connectivity index is 1.37. The Hall–Kier alpha value is -5.86. The van der Waals surface area contributed by atoms with Crippen LogP contribution in [0.3, 0.4) is 0 Å². The van der Waals surface area contributed by atoms with Crippen molar-refractivity contribution < 1.29 is 0 Å². The van der Waals surface area contributed by atoms with Crippen molar-refractivity contribution in [2.75, 3.05) is 4.90 Å². The lowest BCUT2D eigenvalue weighted by Crippen LogP contribution is -2.10. The van der Waals surface area contributed by atoms with Crippen molar-refractivity contribution in [3.8, 4) is 0 Å². The number of fused-ring (bicyclic) bond motifs is 10. The molecule has 8 aromatic carbocycles. The summed E-state index contributed by atoms with van der Waals surface area (Å²) in [6.07, 6.45) is 0. The fourth-order valence-corrected chi connectivity index (χ4v) is 7.52. The van der Waals surface area contributed by atoms with Gasteiger partial charge < -0.3 is 9.30 Å². The number of hydrogen-bond donors (Lipinski definition) is 0. The third-order valence-corrected chi connectivity index (χ3v) is 9.43. The van der Waals surface area contributed by atoms with E-state index in [0.717, 1.165) is 11.4 Å². The molecule has 2 nitrogen and oxygen atoms in total. The monoisotopic (exact) mass is 558 g/mol. The highest BCUT2D eigenvalue weighted by molar-refractivity contribution is 6.30. The minimum atomic E-state index is 1.14. The van der Waals surface area contributed by atoms with E-state index in [1.807, 2.05) is 0 Å². The average molecular weight is 559 g/mol. The summed E-state index contributed by atoms with van der Waals surface area (Å²) < 4.78 is 2.49. The summed E-state index contributed by atoms with van der Waals surface area (Å²) in [5.74, 6) is 0. The van der Waals surface area contributed by atoms with Crippen LogP contribution in [0.25, 0.3) is 70.4 Å². The molecule has 0 aliphatic heterocycles. The molecule has 2 aromatic heterocycles. The Morgan fingerprint density at radius 3 is 1.61 bits per heavy atom. The highest BCUT2D eigenvalue weighted by Crippen LogP contribution is 2.47. The molecular formula is C42H26N2. The van der Waals surface area contributed by atoms with E-state index in [4.69, 9.17) is 0 Å². The average Bonchev–Trinajstić information content (AvgIpc) is 3.61. The van der Waals surface area contributed by atoms with Crippen LogP contribution in [0.15, 0.2) is 158 Å². The molecule has 0 amide bonds. The predicted octanol–water partition coefficient (Wildman–Crippen LogP) is 11.8. The van der Waals surface area contributed by atoms with Crippen molar-refractivity contribution in [3.05, 3.63) is 158 Å². The SMILES string of the molecule is c1ccc2cc(N(c3ccc4ccccc4c3)c3cc4c(c5ccccc35)c3cccc5c6ccccc6n4c53)ccc2c1. The van der Waals surface area contributed by atoms with E-state index in [2.05, 4.69) is 167 Å². The summed E-state index contributed by atoms with van der Waals surface area (Å²) >= 11 is 0. The fourth-order valence-electron chi connectivity index (χ4n) is 7.52. The molecule has 0 bridgehead atoms. The largest absolute Gasteiger partial charge is 0.310 e. The Bertz CT molecular complexity index is 2650. The van der Waals surface area contributed by atoms with Gasteiger partial charge in [0, 0.05) is 38.3 Å². The van der Waals surface area contributed by atoms with Gasteiger partial charge in [-0.05, 0) is 63.3 Å². The first-order valence-corrected chi connectivity index (χ1v) is 15.2. The third-order valence-electron chi connectivity index (χ3n) is 9.43. The van der Waals surface area contributed by atoms with E-state index in [0.29, 0.717) is 0 Å². The molecule has 0 fully saturated rings. The molecule has 0 saturated heterocycles. The van der Waals surface area contributed by atoms with Gasteiger partial charge >= 0.3 is 0 Å². The number of rotatable bonds is 3. The molecule has 2 heteroatoms. The number of nitrogens with zero attached hydrogens (tertiary/aromatic N) is 2. The zero-order valence-corrected chi connectivity index (χ0v) is 23.9. The van der Waals surface area contributed by atoms with Crippen molar-refractivity contribution in [2.45, 2.75) is 0 Å². The molecule has 0 spiro atoms. The lowest BCUT2D eigenvalue weighted by Gasteiger charge is -2.28. The van der Waals surface area contributed by atoms with Crippen LogP contribution in [0.4, 0.5) is 17.1 Å². The normalized spacial score (nSPS) is 12.1. The molecule has 0 aliphatic rings. The Morgan fingerprint density at radius 1 is 0.364 bits per heavy atom. The quantitative estimate of drug-likeness (QED) is 0.209. The first kappa shape index (κ1) is 23.7. The summed E-state index contributed by atoms with van der Waals surface area (Å²) in [5.41, 5.74) is 7.23. The molecular weight excluding hydrogens is 532 g/mol. The van der Waals surface area contributed by atoms with E-state index in [9.17, 15) is 0 Å². The lowest BCUT2D eigenvalue weighted by atomic mass is 9.99. The summed E-state index contributed by atoms with van der Waals surface area (Å²) in [5, 5.41) is 12.7. The minimum absolute atomic E-state index is 1.14. The van der Waals surface area contributed by atoms with Gasteiger partial charge in [0.2, 0.25) is 0 Å². The molecule has 0 saturated carbocycles. The van der Waals surface area contributed by atoms with Crippen molar-refractivity contribution >= 4 is 87.5 Å². The fraction of sp³-hybridized carbons (Fsp3) is 0.